The summed E-state index contributed by atoms with van der Waals surface area (Å²) in [6.07, 6.45) is 1.09. The van der Waals surface area contributed by atoms with Crippen molar-refractivity contribution in [3.8, 4) is 0 Å². The van der Waals surface area contributed by atoms with Gasteiger partial charge in [0.1, 0.15) is 18.4 Å². The highest BCUT2D eigenvalue weighted by Crippen LogP contribution is 2.16. The summed E-state index contributed by atoms with van der Waals surface area (Å²) in [5.74, 6) is -1.48. The van der Waals surface area contributed by atoms with E-state index in [0.717, 1.165) is 6.20 Å². The van der Waals surface area contributed by atoms with Crippen LogP contribution in [0.5, 0.6) is 0 Å². The summed E-state index contributed by atoms with van der Waals surface area (Å²) < 4.78 is 1.22. The first kappa shape index (κ1) is 15.2. The van der Waals surface area contributed by atoms with Crippen LogP contribution in [-0.2, 0) is 11.3 Å². The third kappa shape index (κ3) is 3.26. The van der Waals surface area contributed by atoms with Crippen LogP contribution >= 0.6 is 0 Å². The summed E-state index contributed by atoms with van der Waals surface area (Å²) in [6.45, 7) is 1.32. The van der Waals surface area contributed by atoms with E-state index in [9.17, 15) is 19.7 Å². The highest BCUT2D eigenvalue weighted by Gasteiger charge is 2.17. The minimum Gasteiger partial charge on any atom is -0.478 e. The third-order valence-electron chi connectivity index (χ3n) is 2.98. The van der Waals surface area contributed by atoms with Gasteiger partial charge in [0.05, 0.1) is 10.5 Å². The summed E-state index contributed by atoms with van der Waals surface area (Å²) in [6, 6.07) is 5.64. The molecule has 0 spiro atoms. The zero-order valence-corrected chi connectivity index (χ0v) is 11.5. The van der Waals surface area contributed by atoms with Crippen LogP contribution in [-0.4, -0.2) is 31.7 Å². The Kier molecular flexibility index (Phi) is 4.16. The van der Waals surface area contributed by atoms with Gasteiger partial charge in [-0.2, -0.15) is 5.10 Å². The number of hydrogen-bond acceptors (Lipinski definition) is 5. The Morgan fingerprint density at radius 3 is 2.50 bits per heavy atom. The highest BCUT2D eigenvalue weighted by molar-refractivity contribution is 5.92. The molecule has 1 heterocycles. The first-order valence-corrected chi connectivity index (χ1v) is 6.18. The Hall–Kier alpha value is -3.23. The number of carbonyl (C=O) groups is 2. The first-order chi connectivity index (χ1) is 10.4. The molecule has 1 amide bonds. The predicted molar refractivity (Wildman–Crippen MR) is 75.6 cm³/mol. The van der Waals surface area contributed by atoms with Crippen molar-refractivity contribution < 1.29 is 19.6 Å². The monoisotopic (exact) mass is 304 g/mol. The van der Waals surface area contributed by atoms with Crippen LogP contribution in [0.3, 0.4) is 0 Å². The number of benzene rings is 1. The van der Waals surface area contributed by atoms with E-state index in [1.165, 1.54) is 35.9 Å². The lowest BCUT2D eigenvalue weighted by Crippen LogP contribution is -2.20. The number of hydrogen-bond donors (Lipinski definition) is 2. The number of anilines is 1. The van der Waals surface area contributed by atoms with Gasteiger partial charge in [-0.3, -0.25) is 19.6 Å². The van der Waals surface area contributed by atoms with Crippen LogP contribution in [0.15, 0.2) is 30.5 Å². The van der Waals surface area contributed by atoms with Crippen molar-refractivity contribution in [2.45, 2.75) is 13.5 Å². The SMILES string of the molecule is Cc1c([N+](=O)[O-])cnn1CC(=O)Nc1ccc(C(=O)O)cc1. The molecule has 2 rings (SSSR count). The maximum atomic E-state index is 11.9. The molecule has 0 saturated carbocycles. The van der Waals surface area contributed by atoms with Gasteiger partial charge in [-0.1, -0.05) is 0 Å². The van der Waals surface area contributed by atoms with Gasteiger partial charge in [0.2, 0.25) is 5.91 Å². The number of amides is 1. The zero-order valence-electron chi connectivity index (χ0n) is 11.5. The van der Waals surface area contributed by atoms with Crippen LogP contribution in [0.2, 0.25) is 0 Å². The molecule has 1 aromatic carbocycles. The number of carboxylic acids is 1. The molecule has 0 saturated heterocycles. The lowest BCUT2D eigenvalue weighted by molar-refractivity contribution is -0.385. The van der Waals surface area contributed by atoms with Crippen LogP contribution in [0.4, 0.5) is 11.4 Å². The van der Waals surface area contributed by atoms with E-state index in [1.807, 2.05) is 0 Å². The van der Waals surface area contributed by atoms with E-state index < -0.39 is 16.8 Å². The second-order valence-corrected chi connectivity index (χ2v) is 4.46. The molecular formula is C13H12N4O5. The molecule has 0 unspecified atom stereocenters. The number of aromatic carboxylic acids is 1. The molecule has 0 atom stereocenters. The molecule has 0 aliphatic rings. The van der Waals surface area contributed by atoms with Gasteiger partial charge >= 0.3 is 11.7 Å². The average molecular weight is 304 g/mol. The van der Waals surface area contributed by atoms with Crippen molar-refractivity contribution in [2.24, 2.45) is 0 Å². The van der Waals surface area contributed by atoms with E-state index in [2.05, 4.69) is 10.4 Å². The van der Waals surface area contributed by atoms with Crippen LogP contribution in [0, 0.1) is 17.0 Å². The summed E-state index contributed by atoms with van der Waals surface area (Å²) in [5.41, 5.74) is 0.658. The molecule has 22 heavy (non-hydrogen) atoms. The van der Waals surface area contributed by atoms with E-state index in [4.69, 9.17) is 5.11 Å². The van der Waals surface area contributed by atoms with Gasteiger partial charge in [-0.25, -0.2) is 4.79 Å². The average Bonchev–Trinajstić information content (AvgIpc) is 2.80. The smallest absolute Gasteiger partial charge is 0.335 e. The number of aromatic nitrogens is 2. The minimum atomic E-state index is -1.06. The zero-order chi connectivity index (χ0) is 16.3. The second kappa shape index (κ2) is 6.04. The van der Waals surface area contributed by atoms with Gasteiger partial charge in [-0.05, 0) is 31.2 Å². The van der Waals surface area contributed by atoms with Gasteiger partial charge in [0.15, 0.2) is 0 Å². The van der Waals surface area contributed by atoms with Crippen molar-refractivity contribution >= 4 is 23.3 Å². The summed E-state index contributed by atoms with van der Waals surface area (Å²) in [7, 11) is 0. The van der Waals surface area contributed by atoms with Gasteiger partial charge < -0.3 is 10.4 Å². The van der Waals surface area contributed by atoms with E-state index >= 15 is 0 Å². The quantitative estimate of drug-likeness (QED) is 0.635. The Morgan fingerprint density at radius 2 is 2.00 bits per heavy atom. The molecule has 1 aromatic heterocycles. The van der Waals surface area contributed by atoms with E-state index in [0.29, 0.717) is 5.69 Å². The maximum absolute atomic E-state index is 11.9. The number of carboxylic acid groups (broad SMARTS) is 1. The molecule has 0 aliphatic carbocycles. The number of rotatable bonds is 5. The van der Waals surface area contributed by atoms with Crippen molar-refractivity contribution in [1.29, 1.82) is 0 Å². The number of nitrogens with one attached hydrogen (secondary N) is 1. The summed E-state index contributed by atoms with van der Waals surface area (Å²) in [5, 5.41) is 25.8. The minimum absolute atomic E-state index is 0.108. The largest absolute Gasteiger partial charge is 0.478 e. The van der Waals surface area contributed by atoms with E-state index in [-0.39, 0.29) is 23.5 Å². The summed E-state index contributed by atoms with van der Waals surface area (Å²) in [4.78, 5) is 32.7. The molecule has 114 valence electrons. The normalized spacial score (nSPS) is 10.2. The maximum Gasteiger partial charge on any atom is 0.335 e. The van der Waals surface area contributed by atoms with E-state index in [1.54, 1.807) is 0 Å². The predicted octanol–water partition coefficient (Wildman–Crippen LogP) is 1.44. The molecule has 2 aromatic rings. The number of nitro groups is 1. The molecule has 0 radical (unpaired) electrons. The van der Waals surface area contributed by atoms with Crippen molar-refractivity contribution in [3.63, 3.8) is 0 Å². The van der Waals surface area contributed by atoms with Crippen LogP contribution in [0.1, 0.15) is 16.1 Å². The first-order valence-electron chi connectivity index (χ1n) is 6.18. The van der Waals surface area contributed by atoms with Crippen LogP contribution in [0.25, 0.3) is 0 Å². The number of nitrogens with zero attached hydrogens (tertiary/aromatic N) is 3. The fourth-order valence-corrected chi connectivity index (χ4v) is 1.81. The Labute approximate surface area is 124 Å². The fraction of sp³-hybridized carbons (Fsp3) is 0.154. The van der Waals surface area contributed by atoms with Crippen molar-refractivity contribution in [2.75, 3.05) is 5.32 Å². The highest BCUT2D eigenvalue weighted by atomic mass is 16.6. The van der Waals surface area contributed by atoms with Crippen molar-refractivity contribution in [1.82, 2.24) is 9.78 Å². The molecule has 9 nitrogen and oxygen atoms in total. The Bertz CT molecular complexity index is 735. The number of carbonyl (C=O) groups excluding carboxylic acids is 1. The Balaban J connectivity index is 2.04. The molecule has 0 aliphatic heterocycles. The van der Waals surface area contributed by atoms with Gasteiger partial charge in [0.25, 0.3) is 0 Å². The summed E-state index contributed by atoms with van der Waals surface area (Å²) >= 11 is 0. The Morgan fingerprint density at radius 1 is 1.36 bits per heavy atom. The topological polar surface area (TPSA) is 127 Å². The molecule has 0 fully saturated rings. The van der Waals surface area contributed by atoms with Gasteiger partial charge in [-0.15, -0.1) is 0 Å². The van der Waals surface area contributed by atoms with Crippen LogP contribution < -0.4 is 5.32 Å². The lowest BCUT2D eigenvalue weighted by Gasteiger charge is -2.06. The van der Waals surface area contributed by atoms with Gasteiger partial charge in [0, 0.05) is 5.69 Å². The third-order valence-corrected chi connectivity index (χ3v) is 2.98. The molecular weight excluding hydrogens is 292 g/mol. The standard InChI is InChI=1S/C13H12N4O5/c1-8-11(17(21)22)6-14-16(8)7-12(18)15-10-4-2-9(3-5-10)13(19)20/h2-6H,7H2,1H3,(H,15,18)(H,19,20). The lowest BCUT2D eigenvalue weighted by atomic mass is 10.2. The molecule has 0 bridgehead atoms. The second-order valence-electron chi connectivity index (χ2n) is 4.46. The molecule has 2 N–H and O–H groups in total. The molecule has 9 heteroatoms. The van der Waals surface area contributed by atoms with Crippen molar-refractivity contribution in [3.05, 3.63) is 51.8 Å². The fourth-order valence-electron chi connectivity index (χ4n) is 1.81.